The van der Waals surface area contributed by atoms with Crippen molar-refractivity contribution in [3.63, 3.8) is 0 Å². The van der Waals surface area contributed by atoms with Crippen LogP contribution in [0.1, 0.15) is 44.2 Å². The van der Waals surface area contributed by atoms with Gasteiger partial charge in [0.15, 0.2) is 0 Å². The van der Waals surface area contributed by atoms with E-state index in [4.69, 9.17) is 9.47 Å². The quantitative estimate of drug-likeness (QED) is 0.614. The van der Waals surface area contributed by atoms with Crippen molar-refractivity contribution in [3.8, 4) is 11.1 Å². The third-order valence-electron chi connectivity index (χ3n) is 5.58. The molecule has 170 valence electrons. The number of benzene rings is 2. The molecule has 0 unspecified atom stereocenters. The topological polar surface area (TPSA) is 93.7 Å². The summed E-state index contributed by atoms with van der Waals surface area (Å²) >= 11 is 0. The number of hydrogen-bond acceptors (Lipinski definition) is 5. The van der Waals surface area contributed by atoms with E-state index in [0.717, 1.165) is 22.3 Å². The molecule has 3 rings (SSSR count). The molecule has 0 heterocycles. The summed E-state index contributed by atoms with van der Waals surface area (Å²) in [6.45, 7) is 5.59. The molecule has 7 heteroatoms. The van der Waals surface area contributed by atoms with Gasteiger partial charge in [-0.25, -0.2) is 9.59 Å². The molecule has 0 bridgehead atoms. The Balaban J connectivity index is 1.58. The molecule has 0 saturated heterocycles. The number of carbonyl (C=O) groups excluding carboxylic acids is 3. The molecule has 0 fully saturated rings. The minimum absolute atomic E-state index is 0.0629. The summed E-state index contributed by atoms with van der Waals surface area (Å²) in [5.41, 5.74) is 4.51. The van der Waals surface area contributed by atoms with Crippen LogP contribution in [0.5, 0.6) is 0 Å². The molecular formula is C25H30N2O5. The normalized spacial score (nSPS) is 14.2. The molecule has 2 amide bonds. The lowest BCUT2D eigenvalue weighted by atomic mass is 9.98. The first-order valence-corrected chi connectivity index (χ1v) is 10.8. The lowest BCUT2D eigenvalue weighted by Crippen LogP contribution is -2.51. The molecule has 2 N–H and O–H groups in total. The molecule has 32 heavy (non-hydrogen) atoms. The fourth-order valence-electron chi connectivity index (χ4n) is 4.01. The van der Waals surface area contributed by atoms with Gasteiger partial charge in [0.25, 0.3) is 0 Å². The van der Waals surface area contributed by atoms with Crippen molar-refractivity contribution in [1.29, 1.82) is 0 Å². The number of methoxy groups -OCH3 is 1. The summed E-state index contributed by atoms with van der Waals surface area (Å²) in [5.74, 6) is -0.869. The largest absolute Gasteiger partial charge is 0.467 e. The highest BCUT2D eigenvalue weighted by atomic mass is 16.5. The summed E-state index contributed by atoms with van der Waals surface area (Å²) in [7, 11) is 1.28. The van der Waals surface area contributed by atoms with Gasteiger partial charge in [0, 0.05) is 5.92 Å². The van der Waals surface area contributed by atoms with Crippen LogP contribution >= 0.6 is 0 Å². The van der Waals surface area contributed by atoms with Crippen molar-refractivity contribution in [2.75, 3.05) is 13.7 Å². The number of rotatable bonds is 8. The van der Waals surface area contributed by atoms with Crippen LogP contribution in [0.2, 0.25) is 0 Å². The molecule has 0 spiro atoms. The zero-order valence-electron chi connectivity index (χ0n) is 18.9. The van der Waals surface area contributed by atoms with Crippen molar-refractivity contribution in [3.05, 3.63) is 59.7 Å². The van der Waals surface area contributed by atoms with E-state index in [1.165, 1.54) is 7.11 Å². The lowest BCUT2D eigenvalue weighted by Gasteiger charge is -2.21. The molecule has 1 aliphatic rings. The molecule has 0 saturated carbocycles. The maximum absolute atomic E-state index is 12.5. The van der Waals surface area contributed by atoms with Gasteiger partial charge < -0.3 is 20.1 Å². The van der Waals surface area contributed by atoms with Crippen LogP contribution in [0, 0.1) is 5.92 Å². The standard InChI is InChI=1S/C25H30N2O5/c1-15(2)13-22(24(29)31-4)27-23(28)16(3)26-25(30)32-14-21-19-11-7-5-9-17(19)18-10-6-8-12-20(18)21/h5-12,15-16,21-22H,13-14H2,1-4H3,(H,26,30)(H,27,28)/t16-,22-/m0/s1. The average Bonchev–Trinajstić information content (AvgIpc) is 3.10. The number of esters is 1. The monoisotopic (exact) mass is 438 g/mol. The molecule has 2 atom stereocenters. The number of amides is 2. The van der Waals surface area contributed by atoms with E-state index in [1.807, 2.05) is 50.2 Å². The van der Waals surface area contributed by atoms with Crippen molar-refractivity contribution in [1.82, 2.24) is 10.6 Å². The number of carbonyl (C=O) groups is 3. The Morgan fingerprint density at radius 3 is 2.00 bits per heavy atom. The maximum atomic E-state index is 12.5. The number of ether oxygens (including phenoxy) is 2. The van der Waals surface area contributed by atoms with Gasteiger partial charge in [-0.15, -0.1) is 0 Å². The van der Waals surface area contributed by atoms with Gasteiger partial charge in [-0.1, -0.05) is 62.4 Å². The van der Waals surface area contributed by atoms with E-state index in [-0.39, 0.29) is 18.4 Å². The Morgan fingerprint density at radius 1 is 0.906 bits per heavy atom. The predicted octanol–water partition coefficient (Wildman–Crippen LogP) is 3.62. The Kier molecular flexibility index (Phi) is 7.51. The molecule has 0 aromatic heterocycles. The third kappa shape index (κ3) is 5.28. The van der Waals surface area contributed by atoms with Crippen LogP contribution in [0.15, 0.2) is 48.5 Å². The van der Waals surface area contributed by atoms with Crippen LogP contribution in [-0.4, -0.2) is 43.8 Å². The van der Waals surface area contributed by atoms with Gasteiger partial charge in [-0.05, 0) is 41.5 Å². The second-order valence-electron chi connectivity index (χ2n) is 8.41. The second-order valence-corrected chi connectivity index (χ2v) is 8.41. The van der Waals surface area contributed by atoms with Crippen molar-refractivity contribution < 1.29 is 23.9 Å². The molecular weight excluding hydrogens is 408 g/mol. The second kappa shape index (κ2) is 10.3. The van der Waals surface area contributed by atoms with E-state index >= 15 is 0 Å². The average molecular weight is 439 g/mol. The van der Waals surface area contributed by atoms with Gasteiger partial charge in [-0.2, -0.15) is 0 Å². The van der Waals surface area contributed by atoms with Gasteiger partial charge in [-0.3, -0.25) is 4.79 Å². The van der Waals surface area contributed by atoms with Gasteiger partial charge >= 0.3 is 12.1 Å². The highest BCUT2D eigenvalue weighted by Crippen LogP contribution is 2.44. The molecule has 2 aromatic rings. The third-order valence-corrected chi connectivity index (χ3v) is 5.58. The number of fused-ring (bicyclic) bond motifs is 3. The van der Waals surface area contributed by atoms with Crippen molar-refractivity contribution in [2.24, 2.45) is 5.92 Å². The van der Waals surface area contributed by atoms with Crippen LogP contribution < -0.4 is 10.6 Å². The van der Waals surface area contributed by atoms with Crippen molar-refractivity contribution >= 4 is 18.0 Å². The summed E-state index contributed by atoms with van der Waals surface area (Å²) in [6.07, 6.45) is -0.246. The summed E-state index contributed by atoms with van der Waals surface area (Å²) in [6, 6.07) is 14.5. The van der Waals surface area contributed by atoms with Crippen LogP contribution in [-0.2, 0) is 19.1 Å². The van der Waals surface area contributed by atoms with E-state index in [1.54, 1.807) is 6.92 Å². The Labute approximate surface area is 188 Å². The van der Waals surface area contributed by atoms with Crippen LogP contribution in [0.3, 0.4) is 0 Å². The zero-order valence-corrected chi connectivity index (χ0v) is 18.9. The number of hydrogen-bond donors (Lipinski definition) is 2. The van der Waals surface area contributed by atoms with E-state index in [0.29, 0.717) is 6.42 Å². The maximum Gasteiger partial charge on any atom is 0.407 e. The summed E-state index contributed by atoms with van der Waals surface area (Å²) in [4.78, 5) is 36.8. The first-order chi connectivity index (χ1) is 15.3. The van der Waals surface area contributed by atoms with Gasteiger partial charge in [0.05, 0.1) is 7.11 Å². The molecule has 0 radical (unpaired) electrons. The molecule has 1 aliphatic carbocycles. The minimum Gasteiger partial charge on any atom is -0.467 e. The Hall–Kier alpha value is -3.35. The smallest absolute Gasteiger partial charge is 0.407 e. The summed E-state index contributed by atoms with van der Waals surface area (Å²) in [5, 5.41) is 5.19. The minimum atomic E-state index is -0.870. The lowest BCUT2D eigenvalue weighted by molar-refractivity contribution is -0.145. The van der Waals surface area contributed by atoms with Gasteiger partial charge in [0.1, 0.15) is 18.7 Å². The fourth-order valence-corrected chi connectivity index (χ4v) is 4.01. The first kappa shape index (κ1) is 23.3. The highest BCUT2D eigenvalue weighted by molar-refractivity contribution is 5.89. The van der Waals surface area contributed by atoms with Crippen molar-refractivity contribution in [2.45, 2.75) is 45.2 Å². The number of nitrogens with one attached hydrogen (secondary N) is 2. The SMILES string of the molecule is COC(=O)[C@H](CC(C)C)NC(=O)[C@H](C)NC(=O)OCC1c2ccccc2-c2ccccc21. The van der Waals surface area contributed by atoms with E-state index < -0.39 is 30.1 Å². The fraction of sp³-hybridized carbons (Fsp3) is 0.400. The first-order valence-electron chi connectivity index (χ1n) is 10.8. The predicted molar refractivity (Wildman–Crippen MR) is 121 cm³/mol. The molecule has 0 aliphatic heterocycles. The van der Waals surface area contributed by atoms with E-state index in [2.05, 4.69) is 22.8 Å². The molecule has 7 nitrogen and oxygen atoms in total. The Morgan fingerprint density at radius 2 is 1.47 bits per heavy atom. The molecule has 2 aromatic carbocycles. The number of alkyl carbamates (subject to hydrolysis) is 1. The van der Waals surface area contributed by atoms with E-state index in [9.17, 15) is 14.4 Å². The summed E-state index contributed by atoms with van der Waals surface area (Å²) < 4.78 is 10.2. The zero-order chi connectivity index (χ0) is 23.3. The van der Waals surface area contributed by atoms with Gasteiger partial charge in [0.2, 0.25) is 5.91 Å². The Bertz CT molecular complexity index is 942. The highest BCUT2D eigenvalue weighted by Gasteiger charge is 2.30. The van der Waals surface area contributed by atoms with Crippen LogP contribution in [0.25, 0.3) is 11.1 Å². The van der Waals surface area contributed by atoms with Crippen LogP contribution in [0.4, 0.5) is 4.79 Å².